The average Bonchev–Trinajstić information content (AvgIpc) is 2.55. The summed E-state index contributed by atoms with van der Waals surface area (Å²) in [6.07, 6.45) is 3.26. The van der Waals surface area contributed by atoms with E-state index in [-0.39, 0.29) is 5.78 Å². The van der Waals surface area contributed by atoms with Crippen LogP contribution in [0.25, 0.3) is 0 Å². The highest BCUT2D eigenvalue weighted by Gasteiger charge is 2.31. The van der Waals surface area contributed by atoms with Crippen LogP contribution >= 0.6 is 0 Å². The zero-order chi connectivity index (χ0) is 9.19. The normalized spacial score (nSPS) is 21.1. The van der Waals surface area contributed by atoms with Crippen LogP contribution in [0.15, 0.2) is 11.8 Å². The summed E-state index contributed by atoms with van der Waals surface area (Å²) in [5.74, 6) is 0.365. The Kier molecular flexibility index (Phi) is 2.52. The Labute approximate surface area is 72.6 Å². The van der Waals surface area contributed by atoms with Crippen LogP contribution in [0, 0.1) is 0 Å². The van der Waals surface area contributed by atoms with Gasteiger partial charge in [0, 0.05) is 6.42 Å². The maximum Gasteiger partial charge on any atom is 0.216 e. The van der Waals surface area contributed by atoms with E-state index in [1.54, 1.807) is 6.92 Å². The molecule has 1 rings (SSSR count). The lowest BCUT2D eigenvalue weighted by atomic mass is 9.93. The zero-order valence-corrected chi connectivity index (χ0v) is 7.59. The smallest absolute Gasteiger partial charge is 0.216 e. The molecule has 0 saturated heterocycles. The largest absolute Gasteiger partial charge is 0.490 e. The van der Waals surface area contributed by atoms with E-state index >= 15 is 0 Å². The molecule has 0 aromatic rings. The van der Waals surface area contributed by atoms with Gasteiger partial charge >= 0.3 is 0 Å². The molecular formula is C9H15NO2. The van der Waals surface area contributed by atoms with Crippen molar-refractivity contribution in [2.24, 2.45) is 5.73 Å². The third-order valence-corrected chi connectivity index (χ3v) is 2.18. The van der Waals surface area contributed by atoms with Gasteiger partial charge < -0.3 is 10.5 Å². The molecule has 1 atom stereocenters. The minimum Gasteiger partial charge on any atom is -0.490 e. The van der Waals surface area contributed by atoms with Crippen molar-refractivity contribution >= 4 is 5.78 Å². The molecule has 0 bridgehead atoms. The molecule has 0 aromatic carbocycles. The lowest BCUT2D eigenvalue weighted by Gasteiger charge is -2.20. The predicted molar refractivity (Wildman–Crippen MR) is 46.5 cm³/mol. The second kappa shape index (κ2) is 3.27. The molecule has 0 radical (unpaired) electrons. The number of ether oxygens (including phenoxy) is 1. The quantitative estimate of drug-likeness (QED) is 0.685. The van der Waals surface area contributed by atoms with Crippen LogP contribution in [0.1, 0.15) is 26.7 Å². The highest BCUT2D eigenvalue weighted by molar-refractivity contribution is 6.00. The molecule has 0 saturated carbocycles. The molecule has 0 spiro atoms. The predicted octanol–water partition coefficient (Wildman–Crippen LogP) is 0.987. The molecule has 0 aliphatic carbocycles. The number of carbonyl (C=O) groups is 1. The summed E-state index contributed by atoms with van der Waals surface area (Å²) in [5, 5.41) is 0. The second-order valence-corrected chi connectivity index (χ2v) is 3.31. The molecule has 0 aromatic heterocycles. The van der Waals surface area contributed by atoms with Crippen molar-refractivity contribution in [1.82, 2.24) is 0 Å². The van der Waals surface area contributed by atoms with Gasteiger partial charge in [0.15, 0.2) is 5.76 Å². The maximum absolute atomic E-state index is 11.6. The van der Waals surface area contributed by atoms with Crippen molar-refractivity contribution < 1.29 is 9.53 Å². The lowest BCUT2D eigenvalue weighted by Crippen LogP contribution is -2.45. The van der Waals surface area contributed by atoms with Gasteiger partial charge in [0.05, 0.1) is 12.1 Å². The second-order valence-electron chi connectivity index (χ2n) is 3.31. The summed E-state index contributed by atoms with van der Waals surface area (Å²) in [7, 11) is 0. The Morgan fingerprint density at radius 1 is 1.83 bits per heavy atom. The van der Waals surface area contributed by atoms with Gasteiger partial charge in [-0.25, -0.2) is 0 Å². The number of hydrogen-bond donors (Lipinski definition) is 1. The molecule has 2 N–H and O–H groups in total. The minimum atomic E-state index is -0.768. The van der Waals surface area contributed by atoms with Crippen LogP contribution < -0.4 is 5.73 Å². The van der Waals surface area contributed by atoms with Crippen LogP contribution in [-0.4, -0.2) is 17.9 Å². The van der Waals surface area contributed by atoms with E-state index in [2.05, 4.69) is 0 Å². The first-order valence-corrected chi connectivity index (χ1v) is 4.24. The van der Waals surface area contributed by atoms with Crippen molar-refractivity contribution in [2.45, 2.75) is 32.2 Å². The molecule has 3 nitrogen and oxygen atoms in total. The fourth-order valence-corrected chi connectivity index (χ4v) is 1.02. The van der Waals surface area contributed by atoms with Gasteiger partial charge in [-0.15, -0.1) is 0 Å². The van der Waals surface area contributed by atoms with Crippen molar-refractivity contribution in [1.29, 1.82) is 0 Å². The van der Waals surface area contributed by atoms with Crippen molar-refractivity contribution in [3.8, 4) is 0 Å². The third-order valence-electron chi connectivity index (χ3n) is 2.18. The van der Waals surface area contributed by atoms with Gasteiger partial charge in [-0.1, -0.05) is 6.92 Å². The Balaban J connectivity index is 2.70. The molecule has 68 valence electrons. The Morgan fingerprint density at radius 3 is 2.92 bits per heavy atom. The fraction of sp³-hybridized carbons (Fsp3) is 0.667. The highest BCUT2D eigenvalue weighted by Crippen LogP contribution is 2.18. The van der Waals surface area contributed by atoms with Gasteiger partial charge in [-0.05, 0) is 19.4 Å². The van der Waals surface area contributed by atoms with E-state index < -0.39 is 5.54 Å². The Hall–Kier alpha value is -0.830. The average molecular weight is 169 g/mol. The van der Waals surface area contributed by atoms with E-state index in [1.807, 2.05) is 13.0 Å². The van der Waals surface area contributed by atoms with Gasteiger partial charge in [0.25, 0.3) is 0 Å². The molecule has 1 heterocycles. The van der Waals surface area contributed by atoms with Gasteiger partial charge in [0.2, 0.25) is 5.78 Å². The van der Waals surface area contributed by atoms with E-state index in [4.69, 9.17) is 10.5 Å². The fourth-order valence-electron chi connectivity index (χ4n) is 1.02. The van der Waals surface area contributed by atoms with Crippen molar-refractivity contribution in [2.75, 3.05) is 6.61 Å². The molecule has 1 aliphatic heterocycles. The standard InChI is InChI=1S/C9H15NO2/c1-3-9(2,10)8(11)7-5-4-6-12-7/h5H,3-4,6,10H2,1-2H3. The van der Waals surface area contributed by atoms with Gasteiger partial charge in [-0.2, -0.15) is 0 Å². The van der Waals surface area contributed by atoms with Crippen LogP contribution in [0.4, 0.5) is 0 Å². The van der Waals surface area contributed by atoms with E-state index in [1.165, 1.54) is 0 Å². The van der Waals surface area contributed by atoms with Crippen LogP contribution in [-0.2, 0) is 9.53 Å². The first kappa shape index (κ1) is 9.26. The van der Waals surface area contributed by atoms with Crippen LogP contribution in [0.2, 0.25) is 0 Å². The summed E-state index contributed by atoms with van der Waals surface area (Å²) in [4.78, 5) is 11.6. The summed E-state index contributed by atoms with van der Waals surface area (Å²) in [6, 6.07) is 0. The number of rotatable bonds is 3. The van der Waals surface area contributed by atoms with E-state index in [0.29, 0.717) is 18.8 Å². The summed E-state index contributed by atoms with van der Waals surface area (Å²) >= 11 is 0. The minimum absolute atomic E-state index is 0.0810. The number of nitrogens with two attached hydrogens (primary N) is 1. The van der Waals surface area contributed by atoms with Crippen LogP contribution in [0.5, 0.6) is 0 Å². The van der Waals surface area contributed by atoms with Crippen LogP contribution in [0.3, 0.4) is 0 Å². The number of Topliss-reactive ketones (excluding diaryl/α,β-unsaturated/α-hetero) is 1. The highest BCUT2D eigenvalue weighted by atomic mass is 16.5. The third kappa shape index (κ3) is 1.67. The number of carbonyl (C=O) groups excluding carboxylic acids is 1. The Morgan fingerprint density at radius 2 is 2.50 bits per heavy atom. The SMILES string of the molecule is CCC(C)(N)C(=O)C1=CCCO1. The first-order valence-electron chi connectivity index (χ1n) is 4.24. The maximum atomic E-state index is 11.6. The number of ketones is 1. The molecule has 3 heteroatoms. The molecule has 12 heavy (non-hydrogen) atoms. The van der Waals surface area contributed by atoms with E-state index in [9.17, 15) is 4.79 Å². The molecule has 0 amide bonds. The summed E-state index contributed by atoms with van der Waals surface area (Å²) < 4.78 is 5.13. The van der Waals surface area contributed by atoms with Gasteiger partial charge in [-0.3, -0.25) is 4.79 Å². The van der Waals surface area contributed by atoms with Gasteiger partial charge in [0.1, 0.15) is 0 Å². The molecular weight excluding hydrogens is 154 g/mol. The molecule has 1 aliphatic rings. The molecule has 1 unspecified atom stereocenters. The summed E-state index contributed by atoms with van der Waals surface area (Å²) in [5.41, 5.74) is 5.00. The summed E-state index contributed by atoms with van der Waals surface area (Å²) in [6.45, 7) is 4.24. The van der Waals surface area contributed by atoms with Crippen molar-refractivity contribution in [3.05, 3.63) is 11.8 Å². The Bertz CT molecular complexity index is 219. The lowest BCUT2D eigenvalue weighted by molar-refractivity contribution is -0.123. The number of hydrogen-bond acceptors (Lipinski definition) is 3. The molecule has 0 fully saturated rings. The van der Waals surface area contributed by atoms with E-state index in [0.717, 1.165) is 6.42 Å². The monoisotopic (exact) mass is 169 g/mol. The first-order chi connectivity index (χ1) is 5.58. The topological polar surface area (TPSA) is 52.3 Å². The van der Waals surface area contributed by atoms with Crippen molar-refractivity contribution in [3.63, 3.8) is 0 Å². The zero-order valence-electron chi connectivity index (χ0n) is 7.59.